The maximum Gasteiger partial charge on any atom is 0.228 e. The van der Waals surface area contributed by atoms with E-state index in [1.807, 2.05) is 19.1 Å². The van der Waals surface area contributed by atoms with Crippen LogP contribution in [-0.2, 0) is 4.79 Å². The van der Waals surface area contributed by atoms with Crippen molar-refractivity contribution in [1.29, 1.82) is 0 Å². The Kier molecular flexibility index (Phi) is 9.41. The smallest absolute Gasteiger partial charge is 0.228 e. The maximum atomic E-state index is 12.1. The molecule has 1 fully saturated rings. The molecule has 2 N–H and O–H groups in total. The van der Waals surface area contributed by atoms with E-state index in [2.05, 4.69) is 10.6 Å². The Morgan fingerprint density at radius 3 is 2.55 bits per heavy atom. The first kappa shape index (κ1) is 19.8. The van der Waals surface area contributed by atoms with Crippen LogP contribution < -0.4 is 10.6 Å². The van der Waals surface area contributed by atoms with E-state index in [-0.39, 0.29) is 24.2 Å². The van der Waals surface area contributed by atoms with Gasteiger partial charge in [-0.3, -0.25) is 4.79 Å². The van der Waals surface area contributed by atoms with Gasteiger partial charge in [-0.1, -0.05) is 37.3 Å². The summed E-state index contributed by atoms with van der Waals surface area (Å²) >= 11 is 7.39. The summed E-state index contributed by atoms with van der Waals surface area (Å²) in [6.45, 7) is 3.48. The highest BCUT2D eigenvalue weighted by molar-refractivity contribution is 7.16. The number of nitrogens with one attached hydrogen (secondary N) is 2. The number of carbonyl (C=O) groups is 1. The van der Waals surface area contributed by atoms with Crippen LogP contribution in [0.3, 0.4) is 0 Å². The lowest BCUT2D eigenvalue weighted by atomic mass is 10.1. The second-order valence-electron chi connectivity index (χ2n) is 5.80. The van der Waals surface area contributed by atoms with Gasteiger partial charge in [-0.25, -0.2) is 0 Å². The van der Waals surface area contributed by atoms with Crippen molar-refractivity contribution in [1.82, 2.24) is 10.6 Å². The van der Waals surface area contributed by atoms with Gasteiger partial charge in [-0.2, -0.15) is 0 Å². The molecule has 0 aliphatic heterocycles. The van der Waals surface area contributed by atoms with E-state index < -0.39 is 0 Å². The van der Waals surface area contributed by atoms with Gasteiger partial charge in [0.1, 0.15) is 0 Å². The Balaban J connectivity index is 0.00000242. The number of rotatable bonds is 6. The molecule has 0 aromatic carbocycles. The Labute approximate surface area is 148 Å². The molecule has 1 heterocycles. The minimum Gasteiger partial charge on any atom is -0.354 e. The normalized spacial score (nSPS) is 17.4. The summed E-state index contributed by atoms with van der Waals surface area (Å²) in [4.78, 5) is 13.1. The average Bonchev–Trinajstić information content (AvgIpc) is 2.75. The van der Waals surface area contributed by atoms with E-state index in [0.717, 1.165) is 15.8 Å². The van der Waals surface area contributed by atoms with Crippen LogP contribution >= 0.6 is 35.3 Å². The molecule has 1 amide bonds. The fraction of sp³-hybridized carbons (Fsp3) is 0.688. The maximum absolute atomic E-state index is 12.1. The van der Waals surface area contributed by atoms with Crippen molar-refractivity contribution in [3.8, 4) is 0 Å². The van der Waals surface area contributed by atoms with Crippen molar-refractivity contribution in [2.45, 2.75) is 57.4 Å². The lowest BCUT2D eigenvalue weighted by Crippen LogP contribution is -2.38. The SMILES string of the molecule is CC(C(=O)NCCNC1CCCCCC1)c1ccc(Cl)s1.Cl. The predicted octanol–water partition coefficient (Wildman–Crippen LogP) is 4.36. The molecule has 1 aromatic heterocycles. The van der Waals surface area contributed by atoms with Gasteiger partial charge < -0.3 is 10.6 Å². The average molecular weight is 365 g/mol. The van der Waals surface area contributed by atoms with E-state index in [1.165, 1.54) is 49.9 Å². The zero-order valence-electron chi connectivity index (χ0n) is 13.1. The first-order valence-electron chi connectivity index (χ1n) is 7.93. The van der Waals surface area contributed by atoms with Crippen LogP contribution in [0.25, 0.3) is 0 Å². The molecule has 0 radical (unpaired) electrons. The largest absolute Gasteiger partial charge is 0.354 e. The number of carbonyl (C=O) groups excluding carboxylic acids is 1. The molecule has 1 aliphatic carbocycles. The van der Waals surface area contributed by atoms with Crippen molar-refractivity contribution >= 4 is 41.3 Å². The lowest BCUT2D eigenvalue weighted by molar-refractivity contribution is -0.122. The van der Waals surface area contributed by atoms with E-state index >= 15 is 0 Å². The molecule has 0 bridgehead atoms. The number of hydrogen-bond donors (Lipinski definition) is 2. The highest BCUT2D eigenvalue weighted by atomic mass is 35.5. The van der Waals surface area contributed by atoms with Crippen molar-refractivity contribution < 1.29 is 4.79 Å². The van der Waals surface area contributed by atoms with Gasteiger partial charge in [0.2, 0.25) is 5.91 Å². The zero-order chi connectivity index (χ0) is 15.1. The van der Waals surface area contributed by atoms with Crippen molar-refractivity contribution in [2.24, 2.45) is 0 Å². The minimum atomic E-state index is -0.125. The van der Waals surface area contributed by atoms with Crippen LogP contribution in [0.5, 0.6) is 0 Å². The highest BCUT2D eigenvalue weighted by Gasteiger charge is 2.17. The van der Waals surface area contributed by atoms with Crippen molar-refractivity contribution in [3.05, 3.63) is 21.3 Å². The van der Waals surface area contributed by atoms with E-state index in [9.17, 15) is 4.79 Å². The zero-order valence-corrected chi connectivity index (χ0v) is 15.5. The van der Waals surface area contributed by atoms with Gasteiger partial charge in [0.25, 0.3) is 0 Å². The standard InChI is InChI=1S/C16H25ClN2OS.ClH/c1-12(14-8-9-15(17)21-14)16(20)19-11-10-18-13-6-4-2-3-5-7-13;/h8-9,12-13,18H,2-7,10-11H2,1H3,(H,19,20);1H. The summed E-state index contributed by atoms with van der Waals surface area (Å²) in [6, 6.07) is 4.41. The molecular formula is C16H26Cl2N2OS. The molecule has 1 unspecified atom stereocenters. The van der Waals surface area contributed by atoms with E-state index in [1.54, 1.807) is 0 Å². The number of thiophene rings is 1. The van der Waals surface area contributed by atoms with E-state index in [4.69, 9.17) is 11.6 Å². The second kappa shape index (κ2) is 10.5. The lowest BCUT2D eigenvalue weighted by Gasteiger charge is -2.17. The molecule has 22 heavy (non-hydrogen) atoms. The first-order valence-corrected chi connectivity index (χ1v) is 9.12. The summed E-state index contributed by atoms with van der Waals surface area (Å²) in [7, 11) is 0. The quantitative estimate of drug-likeness (QED) is 0.581. The summed E-state index contributed by atoms with van der Waals surface area (Å²) in [5, 5.41) is 6.57. The Hall–Kier alpha value is -0.290. The van der Waals surface area contributed by atoms with Gasteiger partial charge >= 0.3 is 0 Å². The molecule has 2 rings (SSSR count). The Morgan fingerprint density at radius 1 is 1.27 bits per heavy atom. The van der Waals surface area contributed by atoms with Crippen LogP contribution in [0.4, 0.5) is 0 Å². The van der Waals surface area contributed by atoms with Gasteiger partial charge in [0.15, 0.2) is 0 Å². The molecule has 0 spiro atoms. The first-order chi connectivity index (χ1) is 10.2. The molecule has 1 atom stereocenters. The minimum absolute atomic E-state index is 0. The van der Waals surface area contributed by atoms with Crippen LogP contribution in [0.15, 0.2) is 12.1 Å². The monoisotopic (exact) mass is 364 g/mol. The fourth-order valence-electron chi connectivity index (χ4n) is 2.79. The number of amides is 1. The number of halogens is 2. The van der Waals surface area contributed by atoms with Crippen LogP contribution in [0.2, 0.25) is 4.34 Å². The fourth-order valence-corrected chi connectivity index (χ4v) is 3.90. The van der Waals surface area contributed by atoms with Crippen LogP contribution in [0, 0.1) is 0 Å². The third kappa shape index (κ3) is 6.45. The van der Waals surface area contributed by atoms with E-state index in [0.29, 0.717) is 12.6 Å². The molecule has 1 aromatic rings. The molecule has 1 saturated carbocycles. The van der Waals surface area contributed by atoms with Crippen LogP contribution in [-0.4, -0.2) is 25.0 Å². The van der Waals surface area contributed by atoms with Gasteiger partial charge in [-0.05, 0) is 31.9 Å². The van der Waals surface area contributed by atoms with Crippen molar-refractivity contribution in [2.75, 3.05) is 13.1 Å². The predicted molar refractivity (Wildman–Crippen MR) is 97.5 cm³/mol. The third-order valence-electron chi connectivity index (χ3n) is 4.13. The summed E-state index contributed by atoms with van der Waals surface area (Å²) in [5.41, 5.74) is 0. The molecule has 1 aliphatic rings. The topological polar surface area (TPSA) is 41.1 Å². The molecule has 0 saturated heterocycles. The second-order valence-corrected chi connectivity index (χ2v) is 7.54. The summed E-state index contributed by atoms with van der Waals surface area (Å²) < 4.78 is 0.736. The summed E-state index contributed by atoms with van der Waals surface area (Å²) in [5.74, 6) is -0.0448. The van der Waals surface area contributed by atoms with Crippen molar-refractivity contribution in [3.63, 3.8) is 0 Å². The molecule has 126 valence electrons. The van der Waals surface area contributed by atoms with Gasteiger partial charge in [0.05, 0.1) is 10.3 Å². The van der Waals surface area contributed by atoms with Crippen LogP contribution in [0.1, 0.15) is 56.2 Å². The highest BCUT2D eigenvalue weighted by Crippen LogP contribution is 2.28. The Bertz CT molecular complexity index is 445. The molecule has 3 nitrogen and oxygen atoms in total. The molecule has 6 heteroatoms. The third-order valence-corrected chi connectivity index (χ3v) is 5.54. The molecular weight excluding hydrogens is 339 g/mol. The summed E-state index contributed by atoms with van der Waals surface area (Å²) in [6.07, 6.45) is 7.96. The Morgan fingerprint density at radius 2 is 1.95 bits per heavy atom. The van der Waals surface area contributed by atoms with Gasteiger partial charge in [-0.15, -0.1) is 23.7 Å². The number of hydrogen-bond acceptors (Lipinski definition) is 3. The van der Waals surface area contributed by atoms with Gasteiger partial charge in [0, 0.05) is 24.0 Å².